The molecular formula is C19H25N3O2. The molecule has 1 spiro atoms. The highest BCUT2D eigenvalue weighted by Crippen LogP contribution is 2.45. The molecule has 0 amide bonds. The van der Waals surface area contributed by atoms with Crippen molar-refractivity contribution in [2.75, 3.05) is 13.1 Å². The molecule has 2 aromatic rings. The molecule has 2 atom stereocenters. The molecule has 1 saturated heterocycles. The molecule has 1 N–H and O–H groups in total. The molecule has 1 aliphatic heterocycles. The van der Waals surface area contributed by atoms with Gasteiger partial charge in [0, 0.05) is 30.8 Å². The maximum Gasteiger partial charge on any atom is 0.258 e. The second-order valence-corrected chi connectivity index (χ2v) is 7.60. The van der Waals surface area contributed by atoms with Crippen LogP contribution < -0.4 is 5.56 Å². The second kappa shape index (κ2) is 5.97. The third-order valence-electron chi connectivity index (χ3n) is 5.79. The molecule has 5 nitrogen and oxygen atoms in total. The Morgan fingerprint density at radius 3 is 2.96 bits per heavy atom. The third kappa shape index (κ3) is 2.76. The zero-order valence-corrected chi connectivity index (χ0v) is 14.2. The lowest BCUT2D eigenvalue weighted by Gasteiger charge is -2.42. The van der Waals surface area contributed by atoms with Gasteiger partial charge in [-0.2, -0.15) is 0 Å². The Hall–Kier alpha value is -1.72. The van der Waals surface area contributed by atoms with Crippen molar-refractivity contribution in [1.29, 1.82) is 0 Å². The van der Waals surface area contributed by atoms with E-state index in [1.807, 2.05) is 25.3 Å². The van der Waals surface area contributed by atoms with Gasteiger partial charge in [-0.05, 0) is 50.8 Å². The van der Waals surface area contributed by atoms with Crippen LogP contribution in [0.2, 0.25) is 0 Å². The predicted octanol–water partition coefficient (Wildman–Crippen LogP) is 2.13. The number of piperidine rings is 1. The zero-order chi connectivity index (χ0) is 16.7. The minimum Gasteiger partial charge on any atom is -0.393 e. The van der Waals surface area contributed by atoms with Crippen molar-refractivity contribution in [3.05, 3.63) is 46.0 Å². The van der Waals surface area contributed by atoms with E-state index in [1.54, 1.807) is 10.5 Å². The SMILES string of the molecule is Cc1ccc2nc(CN3CCC[C@@]4(CCC[C@H]4O)C3)cc(=O)n2c1. The van der Waals surface area contributed by atoms with Gasteiger partial charge < -0.3 is 5.11 Å². The van der Waals surface area contributed by atoms with Gasteiger partial charge >= 0.3 is 0 Å². The number of aromatic nitrogens is 2. The lowest BCUT2D eigenvalue weighted by molar-refractivity contribution is -0.0123. The van der Waals surface area contributed by atoms with E-state index in [0.717, 1.165) is 56.5 Å². The number of nitrogens with zero attached hydrogens (tertiary/aromatic N) is 3. The molecule has 1 aliphatic carbocycles. The van der Waals surface area contributed by atoms with Crippen molar-refractivity contribution in [2.45, 2.75) is 51.7 Å². The van der Waals surface area contributed by atoms with E-state index in [2.05, 4.69) is 9.88 Å². The van der Waals surface area contributed by atoms with Gasteiger partial charge in [-0.25, -0.2) is 4.98 Å². The van der Waals surface area contributed by atoms with E-state index in [9.17, 15) is 9.90 Å². The molecule has 5 heteroatoms. The number of pyridine rings is 1. The van der Waals surface area contributed by atoms with E-state index in [1.165, 1.54) is 0 Å². The van der Waals surface area contributed by atoms with Gasteiger partial charge in [-0.1, -0.05) is 12.5 Å². The van der Waals surface area contributed by atoms with Crippen LogP contribution in [0.4, 0.5) is 0 Å². The molecule has 4 rings (SSSR count). The maximum atomic E-state index is 12.4. The summed E-state index contributed by atoms with van der Waals surface area (Å²) in [5.41, 5.74) is 2.63. The molecule has 0 radical (unpaired) electrons. The minimum atomic E-state index is -0.168. The topological polar surface area (TPSA) is 57.8 Å². The molecule has 2 fully saturated rings. The molecule has 2 aromatic heterocycles. The Kier molecular flexibility index (Phi) is 3.93. The fourth-order valence-corrected chi connectivity index (χ4v) is 4.56. The average molecular weight is 327 g/mol. The third-order valence-corrected chi connectivity index (χ3v) is 5.79. The van der Waals surface area contributed by atoms with Crippen LogP contribution in [-0.4, -0.2) is 38.6 Å². The maximum absolute atomic E-state index is 12.4. The summed E-state index contributed by atoms with van der Waals surface area (Å²) in [6.45, 7) is 4.60. The lowest BCUT2D eigenvalue weighted by atomic mass is 9.76. The number of fused-ring (bicyclic) bond motifs is 1. The molecule has 0 unspecified atom stereocenters. The first-order valence-corrected chi connectivity index (χ1v) is 8.95. The molecule has 0 aromatic carbocycles. The number of rotatable bonds is 2. The summed E-state index contributed by atoms with van der Waals surface area (Å²) in [6.07, 6.45) is 7.09. The first-order chi connectivity index (χ1) is 11.6. The quantitative estimate of drug-likeness (QED) is 0.918. The lowest BCUT2D eigenvalue weighted by Crippen LogP contribution is -2.46. The number of aliphatic hydroxyl groups excluding tert-OH is 1. The molecule has 3 heterocycles. The predicted molar refractivity (Wildman–Crippen MR) is 93.0 cm³/mol. The van der Waals surface area contributed by atoms with Gasteiger partial charge in [0.1, 0.15) is 5.65 Å². The minimum absolute atomic E-state index is 0.0219. The highest BCUT2D eigenvalue weighted by atomic mass is 16.3. The Morgan fingerprint density at radius 2 is 2.17 bits per heavy atom. The summed E-state index contributed by atoms with van der Waals surface area (Å²) in [6, 6.07) is 5.54. The first-order valence-electron chi connectivity index (χ1n) is 8.95. The molecule has 2 aliphatic rings. The number of aryl methyl sites for hydroxylation is 1. The number of hydrogen-bond acceptors (Lipinski definition) is 4. The van der Waals surface area contributed by atoms with E-state index >= 15 is 0 Å². The summed E-state index contributed by atoms with van der Waals surface area (Å²) in [4.78, 5) is 19.4. The van der Waals surface area contributed by atoms with Gasteiger partial charge in [0.15, 0.2) is 0 Å². The summed E-state index contributed by atoms with van der Waals surface area (Å²) in [7, 11) is 0. The van der Waals surface area contributed by atoms with Crippen molar-refractivity contribution in [3.63, 3.8) is 0 Å². The van der Waals surface area contributed by atoms with Gasteiger partial charge in [0.05, 0.1) is 11.8 Å². The molecule has 0 bridgehead atoms. The van der Waals surface area contributed by atoms with Crippen molar-refractivity contribution in [2.24, 2.45) is 5.41 Å². The second-order valence-electron chi connectivity index (χ2n) is 7.60. The number of likely N-dealkylation sites (tertiary alicyclic amines) is 1. The molecule has 128 valence electrons. The van der Waals surface area contributed by atoms with Crippen LogP contribution in [0.25, 0.3) is 5.65 Å². The van der Waals surface area contributed by atoms with Crippen LogP contribution in [0.1, 0.15) is 43.4 Å². The standard InChI is InChI=1S/C19H25N3O2/c1-14-5-6-17-20-15(10-18(24)22(17)11-14)12-21-9-3-8-19(13-21)7-2-4-16(19)23/h5-6,10-11,16,23H,2-4,7-9,12-13H2,1H3/t16-,19+/m1/s1. The van der Waals surface area contributed by atoms with Crippen LogP contribution >= 0.6 is 0 Å². The summed E-state index contributed by atoms with van der Waals surface area (Å²) >= 11 is 0. The van der Waals surface area contributed by atoms with E-state index in [-0.39, 0.29) is 17.1 Å². The highest BCUT2D eigenvalue weighted by Gasteiger charge is 2.44. The molecule has 24 heavy (non-hydrogen) atoms. The zero-order valence-electron chi connectivity index (χ0n) is 14.2. The summed E-state index contributed by atoms with van der Waals surface area (Å²) in [5, 5.41) is 10.4. The van der Waals surface area contributed by atoms with E-state index in [4.69, 9.17) is 0 Å². The Bertz CT molecular complexity index is 816. The van der Waals surface area contributed by atoms with Crippen LogP contribution in [0.5, 0.6) is 0 Å². The van der Waals surface area contributed by atoms with Gasteiger partial charge in [-0.3, -0.25) is 14.1 Å². The number of aliphatic hydroxyl groups is 1. The monoisotopic (exact) mass is 327 g/mol. The van der Waals surface area contributed by atoms with Gasteiger partial charge in [0.2, 0.25) is 0 Å². The van der Waals surface area contributed by atoms with Crippen LogP contribution in [0, 0.1) is 12.3 Å². The smallest absolute Gasteiger partial charge is 0.258 e. The van der Waals surface area contributed by atoms with Crippen molar-refractivity contribution in [3.8, 4) is 0 Å². The van der Waals surface area contributed by atoms with Gasteiger partial charge in [0.25, 0.3) is 5.56 Å². The van der Waals surface area contributed by atoms with Crippen molar-refractivity contribution < 1.29 is 5.11 Å². The highest BCUT2D eigenvalue weighted by molar-refractivity contribution is 5.39. The van der Waals surface area contributed by atoms with Crippen LogP contribution in [0.15, 0.2) is 29.2 Å². The fraction of sp³-hybridized carbons (Fsp3) is 0.579. The number of hydrogen-bond donors (Lipinski definition) is 1. The van der Waals surface area contributed by atoms with Crippen molar-refractivity contribution >= 4 is 5.65 Å². The Balaban J connectivity index is 1.58. The van der Waals surface area contributed by atoms with Crippen LogP contribution in [0.3, 0.4) is 0 Å². The summed E-state index contributed by atoms with van der Waals surface area (Å²) in [5.74, 6) is 0. The van der Waals surface area contributed by atoms with E-state index in [0.29, 0.717) is 12.2 Å². The molecule has 1 saturated carbocycles. The Morgan fingerprint density at radius 1 is 1.33 bits per heavy atom. The van der Waals surface area contributed by atoms with Gasteiger partial charge in [-0.15, -0.1) is 0 Å². The van der Waals surface area contributed by atoms with E-state index < -0.39 is 0 Å². The molecular weight excluding hydrogens is 302 g/mol. The normalized spacial score (nSPS) is 28.0. The summed E-state index contributed by atoms with van der Waals surface area (Å²) < 4.78 is 1.61. The van der Waals surface area contributed by atoms with Crippen LogP contribution in [-0.2, 0) is 6.54 Å². The fourth-order valence-electron chi connectivity index (χ4n) is 4.56. The van der Waals surface area contributed by atoms with Crippen molar-refractivity contribution in [1.82, 2.24) is 14.3 Å². The average Bonchev–Trinajstić information content (AvgIpc) is 2.88. The Labute approximate surface area is 141 Å². The largest absolute Gasteiger partial charge is 0.393 e. The first kappa shape index (κ1) is 15.8.